The van der Waals surface area contributed by atoms with Crippen molar-refractivity contribution in [3.05, 3.63) is 11.6 Å². The first-order valence-electron chi connectivity index (χ1n) is 6.79. The highest BCUT2D eigenvalue weighted by Gasteiger charge is 2.13. The Morgan fingerprint density at radius 3 is 2.41 bits per heavy atom. The summed E-state index contributed by atoms with van der Waals surface area (Å²) in [6.45, 7) is 11.8. The number of nitrogens with zero attached hydrogens (tertiary/aromatic N) is 3. The van der Waals surface area contributed by atoms with Crippen LogP contribution in [0.2, 0.25) is 0 Å². The van der Waals surface area contributed by atoms with Crippen LogP contribution in [-0.2, 0) is 12.8 Å². The van der Waals surface area contributed by atoms with Gasteiger partial charge in [0.1, 0.15) is 5.82 Å². The SMILES string of the molecule is CCc1nc(CC)n(C(C)CNC(C)CC)n1. The lowest BCUT2D eigenvalue weighted by atomic mass is 10.2. The largest absolute Gasteiger partial charge is 0.312 e. The molecule has 0 amide bonds. The average molecular weight is 238 g/mol. The Hall–Kier alpha value is -0.900. The molecule has 17 heavy (non-hydrogen) atoms. The fourth-order valence-electron chi connectivity index (χ4n) is 1.75. The van der Waals surface area contributed by atoms with Crippen molar-refractivity contribution in [2.75, 3.05) is 6.54 Å². The maximum atomic E-state index is 4.57. The fourth-order valence-corrected chi connectivity index (χ4v) is 1.75. The van der Waals surface area contributed by atoms with Crippen molar-refractivity contribution in [1.82, 2.24) is 20.1 Å². The molecule has 1 rings (SSSR count). The molecule has 0 saturated heterocycles. The number of aryl methyl sites for hydroxylation is 2. The summed E-state index contributed by atoms with van der Waals surface area (Å²) in [5.41, 5.74) is 0. The maximum Gasteiger partial charge on any atom is 0.150 e. The van der Waals surface area contributed by atoms with E-state index in [9.17, 15) is 0 Å². The van der Waals surface area contributed by atoms with Gasteiger partial charge < -0.3 is 5.32 Å². The molecule has 1 aromatic rings. The predicted octanol–water partition coefficient (Wildman–Crippen LogP) is 2.35. The second kappa shape index (κ2) is 6.74. The standard InChI is InChI=1S/C13H26N4/c1-6-10(4)14-9-11(5)17-13(8-3)15-12(7-2)16-17/h10-11,14H,6-9H2,1-5H3. The molecule has 4 heteroatoms. The summed E-state index contributed by atoms with van der Waals surface area (Å²) in [5.74, 6) is 2.05. The van der Waals surface area contributed by atoms with Gasteiger partial charge in [-0.15, -0.1) is 0 Å². The van der Waals surface area contributed by atoms with Crippen molar-refractivity contribution in [2.45, 2.75) is 66.0 Å². The third-order valence-corrected chi connectivity index (χ3v) is 3.17. The summed E-state index contributed by atoms with van der Waals surface area (Å²) in [6, 6.07) is 0.934. The Kier molecular flexibility index (Phi) is 5.62. The van der Waals surface area contributed by atoms with Crippen molar-refractivity contribution in [3.8, 4) is 0 Å². The van der Waals surface area contributed by atoms with Crippen molar-refractivity contribution < 1.29 is 0 Å². The molecular formula is C13H26N4. The van der Waals surface area contributed by atoms with E-state index in [1.54, 1.807) is 0 Å². The number of hydrogen-bond donors (Lipinski definition) is 1. The first-order chi connectivity index (χ1) is 8.12. The third kappa shape index (κ3) is 3.80. The number of rotatable bonds is 7. The van der Waals surface area contributed by atoms with Gasteiger partial charge in [0.15, 0.2) is 5.82 Å². The lowest BCUT2D eigenvalue weighted by Crippen LogP contribution is -2.31. The predicted molar refractivity (Wildman–Crippen MR) is 71.2 cm³/mol. The molecule has 4 nitrogen and oxygen atoms in total. The van der Waals surface area contributed by atoms with E-state index in [0.717, 1.165) is 37.5 Å². The molecule has 0 fully saturated rings. The van der Waals surface area contributed by atoms with E-state index >= 15 is 0 Å². The number of hydrogen-bond acceptors (Lipinski definition) is 3. The lowest BCUT2D eigenvalue weighted by Gasteiger charge is -2.18. The summed E-state index contributed by atoms with van der Waals surface area (Å²) in [4.78, 5) is 4.54. The highest BCUT2D eigenvalue weighted by Crippen LogP contribution is 2.09. The molecule has 0 aliphatic rings. The van der Waals surface area contributed by atoms with E-state index < -0.39 is 0 Å². The second-order valence-electron chi connectivity index (χ2n) is 4.66. The first-order valence-corrected chi connectivity index (χ1v) is 6.79. The minimum atomic E-state index is 0.367. The third-order valence-electron chi connectivity index (χ3n) is 3.17. The number of aromatic nitrogens is 3. The Morgan fingerprint density at radius 1 is 1.18 bits per heavy atom. The molecule has 0 saturated carbocycles. The van der Waals surface area contributed by atoms with Crippen LogP contribution in [0, 0.1) is 0 Å². The monoisotopic (exact) mass is 238 g/mol. The van der Waals surface area contributed by atoms with Crippen LogP contribution in [0.5, 0.6) is 0 Å². The molecule has 0 spiro atoms. The van der Waals surface area contributed by atoms with E-state index in [-0.39, 0.29) is 0 Å². The maximum absolute atomic E-state index is 4.57. The fraction of sp³-hybridized carbons (Fsp3) is 0.846. The second-order valence-corrected chi connectivity index (χ2v) is 4.66. The molecule has 98 valence electrons. The highest BCUT2D eigenvalue weighted by molar-refractivity contribution is 4.94. The van der Waals surface area contributed by atoms with Crippen LogP contribution in [0.3, 0.4) is 0 Å². The Balaban J connectivity index is 2.66. The minimum Gasteiger partial charge on any atom is -0.312 e. The Bertz CT molecular complexity index is 332. The summed E-state index contributed by atoms with van der Waals surface area (Å²) in [6.07, 6.45) is 3.01. The van der Waals surface area contributed by atoms with Crippen LogP contribution in [0.1, 0.15) is 58.7 Å². The molecule has 0 aliphatic carbocycles. The van der Waals surface area contributed by atoms with Gasteiger partial charge >= 0.3 is 0 Å². The molecule has 0 bridgehead atoms. The van der Waals surface area contributed by atoms with E-state index in [1.807, 2.05) is 0 Å². The molecule has 0 radical (unpaired) electrons. The normalized spacial score (nSPS) is 14.9. The lowest BCUT2D eigenvalue weighted by molar-refractivity contribution is 0.408. The van der Waals surface area contributed by atoms with E-state index in [1.165, 1.54) is 0 Å². The van der Waals surface area contributed by atoms with E-state index in [2.05, 4.69) is 54.7 Å². The molecule has 0 aliphatic heterocycles. The Labute approximate surface area is 105 Å². The van der Waals surface area contributed by atoms with Gasteiger partial charge in [-0.25, -0.2) is 9.67 Å². The molecule has 1 N–H and O–H groups in total. The quantitative estimate of drug-likeness (QED) is 0.793. The highest BCUT2D eigenvalue weighted by atomic mass is 15.4. The minimum absolute atomic E-state index is 0.367. The Morgan fingerprint density at radius 2 is 1.88 bits per heavy atom. The van der Waals surface area contributed by atoms with Crippen LogP contribution in [0.25, 0.3) is 0 Å². The summed E-state index contributed by atoms with van der Waals surface area (Å²) in [7, 11) is 0. The summed E-state index contributed by atoms with van der Waals surface area (Å²) < 4.78 is 2.08. The van der Waals surface area contributed by atoms with Crippen LogP contribution < -0.4 is 5.32 Å². The van der Waals surface area contributed by atoms with Crippen molar-refractivity contribution in [2.24, 2.45) is 0 Å². The van der Waals surface area contributed by atoms with Gasteiger partial charge in [0, 0.05) is 25.4 Å². The van der Waals surface area contributed by atoms with Gasteiger partial charge in [0.25, 0.3) is 0 Å². The van der Waals surface area contributed by atoms with Crippen molar-refractivity contribution in [1.29, 1.82) is 0 Å². The zero-order chi connectivity index (χ0) is 12.8. The molecule has 2 atom stereocenters. The van der Waals surface area contributed by atoms with Gasteiger partial charge in [-0.3, -0.25) is 0 Å². The van der Waals surface area contributed by atoms with Gasteiger partial charge in [0.2, 0.25) is 0 Å². The zero-order valence-corrected chi connectivity index (χ0v) is 11.8. The van der Waals surface area contributed by atoms with E-state index in [0.29, 0.717) is 12.1 Å². The average Bonchev–Trinajstić information content (AvgIpc) is 2.78. The topological polar surface area (TPSA) is 42.7 Å². The van der Waals surface area contributed by atoms with E-state index in [4.69, 9.17) is 0 Å². The van der Waals surface area contributed by atoms with Crippen LogP contribution in [0.4, 0.5) is 0 Å². The van der Waals surface area contributed by atoms with Gasteiger partial charge in [-0.05, 0) is 20.3 Å². The molecule has 0 aromatic carbocycles. The zero-order valence-electron chi connectivity index (χ0n) is 11.8. The molecular weight excluding hydrogens is 212 g/mol. The van der Waals surface area contributed by atoms with Crippen molar-refractivity contribution >= 4 is 0 Å². The smallest absolute Gasteiger partial charge is 0.150 e. The molecule has 2 unspecified atom stereocenters. The van der Waals surface area contributed by atoms with Crippen LogP contribution in [-0.4, -0.2) is 27.4 Å². The number of nitrogens with one attached hydrogen (secondary N) is 1. The van der Waals surface area contributed by atoms with Crippen molar-refractivity contribution in [3.63, 3.8) is 0 Å². The van der Waals surface area contributed by atoms with Gasteiger partial charge in [0.05, 0.1) is 6.04 Å². The van der Waals surface area contributed by atoms with Gasteiger partial charge in [-0.2, -0.15) is 5.10 Å². The summed E-state index contributed by atoms with van der Waals surface area (Å²) in [5, 5.41) is 8.09. The summed E-state index contributed by atoms with van der Waals surface area (Å²) >= 11 is 0. The van der Waals surface area contributed by atoms with Gasteiger partial charge in [-0.1, -0.05) is 20.8 Å². The molecule has 1 aromatic heterocycles. The van der Waals surface area contributed by atoms with Crippen LogP contribution in [0.15, 0.2) is 0 Å². The first kappa shape index (κ1) is 14.2. The molecule has 1 heterocycles. The van der Waals surface area contributed by atoms with Crippen LogP contribution >= 0.6 is 0 Å².